The average Bonchev–Trinajstić information content (AvgIpc) is 2.15. The molecule has 3 nitrogen and oxygen atoms in total. The third kappa shape index (κ3) is 3.12. The highest BCUT2D eigenvalue weighted by Crippen LogP contribution is 2.20. The van der Waals surface area contributed by atoms with Crippen molar-refractivity contribution in [2.45, 2.75) is 31.4 Å². The van der Waals surface area contributed by atoms with E-state index in [1.807, 2.05) is 6.07 Å². The normalized spacial score (nSPS) is 12.5. The summed E-state index contributed by atoms with van der Waals surface area (Å²) < 4.78 is 25.5. The lowest BCUT2D eigenvalue weighted by Crippen LogP contribution is -2.33. The van der Waals surface area contributed by atoms with Crippen LogP contribution in [0.15, 0.2) is 24.3 Å². The van der Waals surface area contributed by atoms with E-state index in [1.165, 1.54) is 0 Å². The van der Waals surface area contributed by atoms with E-state index >= 15 is 0 Å². The summed E-state index contributed by atoms with van der Waals surface area (Å²) in [6, 6.07) is 7.07. The molecule has 0 aliphatic rings. The zero-order valence-corrected chi connectivity index (χ0v) is 11.2. The molecule has 16 heavy (non-hydrogen) atoms. The summed E-state index contributed by atoms with van der Waals surface area (Å²) in [5.74, 6) is 0.366. The Bertz CT molecular complexity index is 463. The van der Waals surface area contributed by atoms with Crippen LogP contribution >= 0.6 is 11.6 Å². The van der Waals surface area contributed by atoms with E-state index in [9.17, 15) is 8.42 Å². The molecule has 1 N–H and O–H groups in total. The number of anilines is 1. The van der Waals surface area contributed by atoms with Gasteiger partial charge in [-0.05, 0) is 38.5 Å². The second-order valence-electron chi connectivity index (χ2n) is 4.55. The van der Waals surface area contributed by atoms with Crippen LogP contribution in [0.3, 0.4) is 0 Å². The first-order valence-electron chi connectivity index (χ1n) is 4.93. The van der Waals surface area contributed by atoms with Gasteiger partial charge >= 0.3 is 0 Å². The van der Waals surface area contributed by atoms with Crippen LogP contribution in [0.5, 0.6) is 0 Å². The Hall–Kier alpha value is -0.740. The summed E-state index contributed by atoms with van der Waals surface area (Å²) in [5.41, 5.74) is 1.43. The predicted octanol–water partition coefficient (Wildman–Crippen LogP) is 2.97. The van der Waals surface area contributed by atoms with Crippen LogP contribution in [0.2, 0.25) is 0 Å². The minimum absolute atomic E-state index is 0.366. The molecule has 0 aromatic heterocycles. The molecule has 90 valence electrons. The second-order valence-corrected chi connectivity index (χ2v) is 7.25. The van der Waals surface area contributed by atoms with Crippen molar-refractivity contribution in [2.75, 3.05) is 4.72 Å². The number of rotatable bonds is 3. The van der Waals surface area contributed by atoms with Gasteiger partial charge in [-0.25, -0.2) is 8.42 Å². The first kappa shape index (κ1) is 13.3. The van der Waals surface area contributed by atoms with Crippen molar-refractivity contribution >= 4 is 27.3 Å². The summed E-state index contributed by atoms with van der Waals surface area (Å²) in [6.07, 6.45) is 0. The van der Waals surface area contributed by atoms with Gasteiger partial charge < -0.3 is 0 Å². The lowest BCUT2D eigenvalue weighted by molar-refractivity contribution is 0.566. The van der Waals surface area contributed by atoms with Crippen LogP contribution in [0.4, 0.5) is 5.69 Å². The van der Waals surface area contributed by atoms with E-state index in [4.69, 9.17) is 11.6 Å². The largest absolute Gasteiger partial charge is 0.283 e. The van der Waals surface area contributed by atoms with Crippen molar-refractivity contribution in [3.05, 3.63) is 29.8 Å². The van der Waals surface area contributed by atoms with Crippen molar-refractivity contribution in [3.63, 3.8) is 0 Å². The van der Waals surface area contributed by atoms with Gasteiger partial charge in [-0.1, -0.05) is 12.1 Å². The second kappa shape index (κ2) is 4.63. The summed E-state index contributed by atoms with van der Waals surface area (Å²) in [5, 5.41) is 0. The first-order valence-corrected chi connectivity index (χ1v) is 6.95. The summed E-state index contributed by atoms with van der Waals surface area (Å²) >= 11 is 5.68. The van der Waals surface area contributed by atoms with E-state index < -0.39 is 14.8 Å². The van der Waals surface area contributed by atoms with Gasteiger partial charge in [-0.2, -0.15) is 0 Å². The first-order chi connectivity index (χ1) is 7.26. The third-order valence-electron chi connectivity index (χ3n) is 2.14. The molecule has 0 spiro atoms. The number of hydrogen-bond acceptors (Lipinski definition) is 2. The highest BCUT2D eigenvalue weighted by atomic mass is 35.5. The van der Waals surface area contributed by atoms with Crippen molar-refractivity contribution in [1.82, 2.24) is 0 Å². The molecule has 0 radical (unpaired) electrons. The Balaban J connectivity index is 2.97. The lowest BCUT2D eigenvalue weighted by Gasteiger charge is -2.20. The Morgan fingerprint density at radius 1 is 1.31 bits per heavy atom. The molecule has 1 rings (SSSR count). The Kier molecular flexibility index (Phi) is 3.86. The topological polar surface area (TPSA) is 46.2 Å². The number of hydrogen-bond donors (Lipinski definition) is 1. The maximum Gasteiger partial charge on any atom is 0.237 e. The third-order valence-corrected chi connectivity index (χ3v) is 4.57. The molecule has 0 aliphatic heterocycles. The predicted molar refractivity (Wildman–Crippen MR) is 68.3 cm³/mol. The van der Waals surface area contributed by atoms with E-state index in [-0.39, 0.29) is 0 Å². The number of nitrogens with one attached hydrogen (secondary N) is 1. The number of benzene rings is 1. The van der Waals surface area contributed by atoms with Crippen LogP contribution in [0.1, 0.15) is 26.3 Å². The standard InChI is InChI=1S/C11H16ClNO2S/c1-11(2,3)16(14,15)13-10-6-4-5-9(7-10)8-12/h4-7,13H,8H2,1-3H3. The molecule has 0 aliphatic carbocycles. The van der Waals surface area contributed by atoms with Crippen LogP contribution < -0.4 is 4.72 Å². The molecule has 0 unspecified atom stereocenters. The zero-order valence-electron chi connectivity index (χ0n) is 9.62. The summed E-state index contributed by atoms with van der Waals surface area (Å²) in [7, 11) is -3.37. The van der Waals surface area contributed by atoms with Crippen molar-refractivity contribution in [3.8, 4) is 0 Å². The smallest absolute Gasteiger partial charge is 0.237 e. The summed E-state index contributed by atoms with van der Waals surface area (Å²) in [6.45, 7) is 4.96. The van der Waals surface area contributed by atoms with Gasteiger partial charge in [0.25, 0.3) is 0 Å². The van der Waals surface area contributed by atoms with Crippen molar-refractivity contribution in [2.24, 2.45) is 0 Å². The van der Waals surface area contributed by atoms with Crippen molar-refractivity contribution < 1.29 is 8.42 Å². The zero-order chi connectivity index (χ0) is 12.4. The van der Waals surface area contributed by atoms with Gasteiger partial charge in [0.05, 0.1) is 4.75 Å². The van der Waals surface area contributed by atoms with Crippen LogP contribution in [-0.2, 0) is 15.9 Å². The van der Waals surface area contributed by atoms with Gasteiger partial charge in [-0.15, -0.1) is 11.6 Å². The molecule has 0 heterocycles. The molecule has 0 saturated heterocycles. The molecule has 5 heteroatoms. The minimum atomic E-state index is -3.37. The number of halogens is 1. The average molecular weight is 262 g/mol. The maximum atomic E-state index is 11.9. The molecular formula is C11H16ClNO2S. The fourth-order valence-electron chi connectivity index (χ4n) is 1.03. The van der Waals surface area contributed by atoms with Gasteiger partial charge in [0.1, 0.15) is 0 Å². The van der Waals surface area contributed by atoms with E-state index in [0.717, 1.165) is 5.56 Å². The molecule has 1 aromatic rings. The maximum absolute atomic E-state index is 11.9. The fourth-order valence-corrected chi connectivity index (χ4v) is 1.94. The van der Waals surface area contributed by atoms with Crippen LogP contribution in [0.25, 0.3) is 0 Å². The van der Waals surface area contributed by atoms with Crippen LogP contribution in [-0.4, -0.2) is 13.2 Å². The van der Waals surface area contributed by atoms with Gasteiger partial charge in [0.2, 0.25) is 10.0 Å². The SMILES string of the molecule is CC(C)(C)S(=O)(=O)Nc1cccc(CCl)c1. The lowest BCUT2D eigenvalue weighted by atomic mass is 10.2. The quantitative estimate of drug-likeness (QED) is 0.851. The Morgan fingerprint density at radius 3 is 2.44 bits per heavy atom. The summed E-state index contributed by atoms with van der Waals surface area (Å²) in [4.78, 5) is 0. The van der Waals surface area contributed by atoms with Crippen LogP contribution in [0, 0.1) is 0 Å². The molecule has 0 saturated carbocycles. The van der Waals surface area contributed by atoms with E-state index in [0.29, 0.717) is 11.6 Å². The molecule has 0 fully saturated rings. The fraction of sp³-hybridized carbons (Fsp3) is 0.455. The van der Waals surface area contributed by atoms with Gasteiger partial charge in [-0.3, -0.25) is 4.72 Å². The Labute approximate surface area is 102 Å². The Morgan fingerprint density at radius 2 is 1.94 bits per heavy atom. The monoisotopic (exact) mass is 261 g/mol. The number of sulfonamides is 1. The molecule has 0 amide bonds. The molecular weight excluding hydrogens is 246 g/mol. The molecule has 0 atom stereocenters. The molecule has 1 aromatic carbocycles. The van der Waals surface area contributed by atoms with E-state index in [1.54, 1.807) is 39.0 Å². The van der Waals surface area contributed by atoms with Gasteiger partial charge in [0, 0.05) is 11.6 Å². The van der Waals surface area contributed by atoms with Gasteiger partial charge in [0.15, 0.2) is 0 Å². The van der Waals surface area contributed by atoms with E-state index in [2.05, 4.69) is 4.72 Å². The molecule has 0 bridgehead atoms. The number of alkyl halides is 1. The highest BCUT2D eigenvalue weighted by Gasteiger charge is 2.28. The highest BCUT2D eigenvalue weighted by molar-refractivity contribution is 7.94. The minimum Gasteiger partial charge on any atom is -0.283 e. The van der Waals surface area contributed by atoms with Crippen molar-refractivity contribution in [1.29, 1.82) is 0 Å².